The van der Waals surface area contributed by atoms with Crippen LogP contribution in [0.4, 0.5) is 0 Å². The van der Waals surface area contributed by atoms with E-state index in [1.807, 2.05) is 21.1 Å². The number of phosphoric ester groups is 1. The number of ether oxygens (including phenoxy) is 2. The lowest BCUT2D eigenvalue weighted by molar-refractivity contribution is -0.870. The predicted molar refractivity (Wildman–Crippen MR) is 346 cm³/mol. The van der Waals surface area contributed by atoms with E-state index in [0.717, 1.165) is 77.0 Å². The first-order valence-electron chi connectivity index (χ1n) is 34.1. The van der Waals surface area contributed by atoms with Crippen molar-refractivity contribution < 1.29 is 42.1 Å². The van der Waals surface area contributed by atoms with Gasteiger partial charge in [0.25, 0.3) is 7.82 Å². The van der Waals surface area contributed by atoms with Crippen molar-refractivity contribution in [2.75, 3.05) is 47.5 Å². The quantitative estimate of drug-likeness (QED) is 0.0195. The van der Waals surface area contributed by atoms with Crippen molar-refractivity contribution in [3.63, 3.8) is 0 Å². The number of hydrogen-bond acceptors (Lipinski definition) is 8. The number of nitrogens with zero attached hydrogens (tertiary/aromatic N) is 1. The van der Waals surface area contributed by atoms with E-state index < -0.39 is 26.5 Å². The number of hydrogen-bond donors (Lipinski definition) is 0. The fraction of sp³-hybridized carbons (Fsp3) is 0.803. The molecule has 0 saturated carbocycles. The van der Waals surface area contributed by atoms with Gasteiger partial charge in [-0.05, 0) is 64.2 Å². The molecule has 0 N–H and O–H groups in total. The Morgan fingerprint density at radius 2 is 0.704 bits per heavy atom. The van der Waals surface area contributed by atoms with Gasteiger partial charge in [-0.2, -0.15) is 0 Å². The molecule has 0 aliphatic carbocycles. The minimum absolute atomic E-state index is 0.0316. The summed E-state index contributed by atoms with van der Waals surface area (Å²) in [6.45, 7) is 4.17. The van der Waals surface area contributed by atoms with Gasteiger partial charge in [0.1, 0.15) is 19.8 Å². The number of likely N-dealkylation sites (N-methyl/N-ethyl adjacent to an activating group) is 1. The van der Waals surface area contributed by atoms with Crippen LogP contribution in [0, 0.1) is 0 Å². The molecule has 0 aromatic rings. The minimum atomic E-state index is -4.64. The van der Waals surface area contributed by atoms with Crippen LogP contribution >= 0.6 is 7.82 Å². The average molecular weight is 1160 g/mol. The van der Waals surface area contributed by atoms with Gasteiger partial charge >= 0.3 is 11.9 Å². The summed E-state index contributed by atoms with van der Waals surface area (Å²) >= 11 is 0. The molecular formula is C71H130NO8P. The molecule has 10 heteroatoms. The summed E-state index contributed by atoms with van der Waals surface area (Å²) in [7, 11) is 1.17. The number of rotatable bonds is 63. The average Bonchev–Trinajstić information content (AvgIpc) is 3.43. The van der Waals surface area contributed by atoms with Gasteiger partial charge < -0.3 is 27.9 Å². The number of carbonyl (C=O) groups is 2. The highest BCUT2D eigenvalue weighted by Gasteiger charge is 2.22. The first-order chi connectivity index (χ1) is 39.5. The molecule has 0 aromatic heterocycles. The fourth-order valence-electron chi connectivity index (χ4n) is 9.78. The molecule has 0 aliphatic heterocycles. The number of esters is 2. The van der Waals surface area contributed by atoms with Gasteiger partial charge in [-0.3, -0.25) is 14.2 Å². The highest BCUT2D eigenvalue weighted by molar-refractivity contribution is 7.45. The number of quaternary nitrogens is 1. The molecule has 0 rings (SSSR count). The lowest BCUT2D eigenvalue weighted by Gasteiger charge is -2.28. The third-order valence-electron chi connectivity index (χ3n) is 15.0. The molecule has 0 radical (unpaired) electrons. The molecule has 81 heavy (non-hydrogen) atoms. The second-order valence-corrected chi connectivity index (χ2v) is 25.6. The number of phosphoric acid groups is 1. The highest BCUT2D eigenvalue weighted by Crippen LogP contribution is 2.38. The molecule has 472 valence electrons. The van der Waals surface area contributed by atoms with E-state index in [1.165, 1.54) is 205 Å². The van der Waals surface area contributed by atoms with Crippen molar-refractivity contribution in [1.29, 1.82) is 0 Å². The minimum Gasteiger partial charge on any atom is -0.756 e. The second-order valence-electron chi connectivity index (χ2n) is 24.2. The lowest BCUT2D eigenvalue weighted by atomic mass is 10.0. The van der Waals surface area contributed by atoms with Crippen molar-refractivity contribution in [2.24, 2.45) is 0 Å². The molecule has 0 aromatic carbocycles. The summed E-state index contributed by atoms with van der Waals surface area (Å²) in [5.41, 5.74) is 0. The third kappa shape index (κ3) is 66.5. The van der Waals surface area contributed by atoms with Gasteiger partial charge in [-0.1, -0.05) is 311 Å². The maximum atomic E-state index is 12.9. The van der Waals surface area contributed by atoms with Crippen LogP contribution in [0.3, 0.4) is 0 Å². The molecule has 0 bridgehead atoms. The van der Waals surface area contributed by atoms with Crippen LogP contribution < -0.4 is 4.89 Å². The highest BCUT2D eigenvalue weighted by atomic mass is 31.2. The van der Waals surface area contributed by atoms with Crippen LogP contribution in [-0.2, 0) is 32.7 Å². The summed E-state index contributed by atoms with van der Waals surface area (Å²) in [6.07, 6.45) is 82.6. The molecule has 2 unspecified atom stereocenters. The molecular weight excluding hydrogens is 1030 g/mol. The van der Waals surface area contributed by atoms with Crippen molar-refractivity contribution in [2.45, 2.75) is 322 Å². The SMILES string of the molecule is CC/C=C\C/C=C\C/C=C\C/C=C\C/C=C\C/C=C\CCCCCCCCCCCCCCC(=O)OC(COC(=O)CCCCCCCCCCCCCCCCCCCCCCCCCCCC)COP(=O)([O-])OCC[N+](C)(C)C. The summed E-state index contributed by atoms with van der Waals surface area (Å²) in [5, 5.41) is 0. The largest absolute Gasteiger partial charge is 0.756 e. The maximum absolute atomic E-state index is 12.9. The smallest absolute Gasteiger partial charge is 0.306 e. The Morgan fingerprint density at radius 3 is 1.05 bits per heavy atom. The maximum Gasteiger partial charge on any atom is 0.306 e. The van der Waals surface area contributed by atoms with Crippen molar-refractivity contribution >= 4 is 19.8 Å². The zero-order valence-electron chi connectivity index (χ0n) is 53.7. The summed E-state index contributed by atoms with van der Waals surface area (Å²) < 4.78 is 34.3. The zero-order chi connectivity index (χ0) is 59.1. The first-order valence-corrected chi connectivity index (χ1v) is 35.6. The van der Waals surface area contributed by atoms with Crippen molar-refractivity contribution in [1.82, 2.24) is 0 Å². The van der Waals surface area contributed by atoms with Crippen LogP contribution in [0.25, 0.3) is 0 Å². The molecule has 0 saturated heterocycles. The Morgan fingerprint density at radius 1 is 0.395 bits per heavy atom. The van der Waals surface area contributed by atoms with E-state index in [1.54, 1.807) is 0 Å². The summed E-state index contributed by atoms with van der Waals surface area (Å²) in [4.78, 5) is 38.0. The lowest BCUT2D eigenvalue weighted by Crippen LogP contribution is -2.37. The molecule has 0 aliphatic rings. The van der Waals surface area contributed by atoms with Crippen LogP contribution in [0.1, 0.15) is 316 Å². The molecule has 0 amide bonds. The van der Waals surface area contributed by atoms with Crippen LogP contribution in [0.5, 0.6) is 0 Å². The van der Waals surface area contributed by atoms with Crippen LogP contribution in [0.2, 0.25) is 0 Å². The Hall–Kier alpha value is -2.55. The van der Waals surface area contributed by atoms with E-state index in [9.17, 15) is 19.0 Å². The number of unbranched alkanes of at least 4 members (excludes halogenated alkanes) is 37. The van der Waals surface area contributed by atoms with Gasteiger partial charge in [0.05, 0.1) is 27.7 Å². The summed E-state index contributed by atoms with van der Waals surface area (Å²) in [6, 6.07) is 0. The monoisotopic (exact) mass is 1160 g/mol. The van der Waals surface area contributed by atoms with Gasteiger partial charge in [-0.25, -0.2) is 0 Å². The number of allylic oxidation sites excluding steroid dienone is 12. The number of carbonyl (C=O) groups excluding carboxylic acids is 2. The normalized spacial score (nSPS) is 13.6. The molecule has 0 spiro atoms. The van der Waals surface area contributed by atoms with E-state index in [4.69, 9.17) is 18.5 Å². The van der Waals surface area contributed by atoms with Gasteiger partial charge in [0, 0.05) is 12.8 Å². The Labute approximate surface area is 501 Å². The second kappa shape index (κ2) is 62.0. The van der Waals surface area contributed by atoms with Crippen LogP contribution in [0.15, 0.2) is 72.9 Å². The van der Waals surface area contributed by atoms with E-state index in [2.05, 4.69) is 86.8 Å². The Kier molecular flexibility index (Phi) is 60.0. The standard InChI is InChI=1S/C71H130NO8P/c1-6-8-10-12-14-16-18-20-22-24-26-28-30-32-34-35-36-37-38-40-42-44-46-48-50-52-54-56-58-60-62-64-71(74)80-69(68-79-81(75,76)78-66-65-72(3,4)5)67-77-70(73)63-61-59-57-55-53-51-49-47-45-43-41-39-33-31-29-27-25-23-21-19-17-15-13-11-9-7-2/h8,10,14,16,20,22,26,28,32,34,36-37,69H,6-7,9,11-13,15,17-19,21,23-25,27,29-31,33,35,38-68H2,1-5H3/b10-8-,16-14-,22-20-,28-26-,34-32-,37-36-. The Bertz CT molecular complexity index is 1600. The first kappa shape index (κ1) is 78.5. The molecule has 2 atom stereocenters. The zero-order valence-corrected chi connectivity index (χ0v) is 54.6. The van der Waals surface area contributed by atoms with E-state index in [-0.39, 0.29) is 32.0 Å². The topological polar surface area (TPSA) is 111 Å². The van der Waals surface area contributed by atoms with Gasteiger partial charge in [0.2, 0.25) is 0 Å². The van der Waals surface area contributed by atoms with E-state index >= 15 is 0 Å². The van der Waals surface area contributed by atoms with E-state index in [0.29, 0.717) is 17.4 Å². The molecule has 0 fully saturated rings. The van der Waals surface area contributed by atoms with Gasteiger partial charge in [0.15, 0.2) is 6.10 Å². The summed E-state index contributed by atoms with van der Waals surface area (Å²) in [5.74, 6) is -0.823. The van der Waals surface area contributed by atoms with Crippen LogP contribution in [-0.4, -0.2) is 70.0 Å². The predicted octanol–water partition coefficient (Wildman–Crippen LogP) is 21.4. The van der Waals surface area contributed by atoms with Gasteiger partial charge in [-0.15, -0.1) is 0 Å². The van der Waals surface area contributed by atoms with Crippen molar-refractivity contribution in [3.8, 4) is 0 Å². The van der Waals surface area contributed by atoms with Crippen molar-refractivity contribution in [3.05, 3.63) is 72.9 Å². The molecule has 9 nitrogen and oxygen atoms in total. The fourth-order valence-corrected chi connectivity index (χ4v) is 10.5. The molecule has 0 heterocycles. The Balaban J connectivity index is 4.06. The third-order valence-corrected chi connectivity index (χ3v) is 16.0.